The van der Waals surface area contributed by atoms with Crippen LogP contribution >= 0.6 is 11.6 Å². The lowest BCUT2D eigenvalue weighted by molar-refractivity contribution is -0.133. The molecule has 27 heavy (non-hydrogen) atoms. The Labute approximate surface area is 162 Å². The molecule has 2 aromatic heterocycles. The third-order valence-corrected chi connectivity index (χ3v) is 5.79. The molecule has 0 bridgehead atoms. The van der Waals surface area contributed by atoms with Crippen LogP contribution in [0.4, 0.5) is 6.01 Å². The van der Waals surface area contributed by atoms with Crippen molar-refractivity contribution in [3.63, 3.8) is 0 Å². The first-order chi connectivity index (χ1) is 13.0. The van der Waals surface area contributed by atoms with Crippen LogP contribution in [0.2, 0.25) is 5.15 Å². The molecule has 2 fully saturated rings. The first-order valence-electron chi connectivity index (χ1n) is 9.08. The number of likely N-dealkylation sites (tertiary alicyclic amines) is 1. The lowest BCUT2D eigenvalue weighted by atomic mass is 9.93. The lowest BCUT2D eigenvalue weighted by Gasteiger charge is -2.33. The van der Waals surface area contributed by atoms with Gasteiger partial charge in [0.05, 0.1) is 12.7 Å². The summed E-state index contributed by atoms with van der Waals surface area (Å²) >= 11 is 5.93. The average molecular weight is 392 g/mol. The van der Waals surface area contributed by atoms with E-state index in [0.717, 1.165) is 25.9 Å². The highest BCUT2D eigenvalue weighted by atomic mass is 35.5. The number of pyridine rings is 1. The Kier molecular flexibility index (Phi) is 4.67. The van der Waals surface area contributed by atoms with E-state index in [1.54, 1.807) is 13.0 Å². The summed E-state index contributed by atoms with van der Waals surface area (Å²) in [6.45, 7) is 3.47. The van der Waals surface area contributed by atoms with Crippen LogP contribution in [-0.2, 0) is 4.79 Å². The van der Waals surface area contributed by atoms with Gasteiger partial charge in [0, 0.05) is 19.3 Å². The Bertz CT molecular complexity index is 841. The zero-order chi connectivity index (χ0) is 19.0. The van der Waals surface area contributed by atoms with E-state index < -0.39 is 6.04 Å². The van der Waals surface area contributed by atoms with Crippen molar-refractivity contribution >= 4 is 23.5 Å². The second-order valence-corrected chi connectivity index (χ2v) is 7.68. The van der Waals surface area contributed by atoms with E-state index in [1.165, 1.54) is 26.1 Å². The molecule has 1 amide bonds. The molecule has 8 nitrogen and oxygen atoms in total. The number of amides is 1. The smallest absolute Gasteiger partial charge is 0.316 e. The number of hydrogen-bond donors (Lipinski definition) is 1. The van der Waals surface area contributed by atoms with Gasteiger partial charge in [-0.2, -0.15) is 0 Å². The zero-order valence-electron chi connectivity index (χ0n) is 15.4. The molecule has 144 valence electrons. The molecule has 9 heteroatoms. The Balaban J connectivity index is 1.39. The summed E-state index contributed by atoms with van der Waals surface area (Å²) in [5.74, 6) is 0.747. The molecule has 0 aromatic carbocycles. The minimum Gasteiger partial charge on any atom is -0.493 e. The second kappa shape index (κ2) is 6.99. The van der Waals surface area contributed by atoms with Crippen molar-refractivity contribution in [3.8, 4) is 17.2 Å². The number of hydrogen-bond acceptors (Lipinski definition) is 7. The van der Waals surface area contributed by atoms with Crippen molar-refractivity contribution in [1.82, 2.24) is 20.1 Å². The third kappa shape index (κ3) is 3.71. The van der Waals surface area contributed by atoms with E-state index in [4.69, 9.17) is 20.8 Å². The van der Waals surface area contributed by atoms with Crippen molar-refractivity contribution < 1.29 is 13.9 Å². The fourth-order valence-corrected chi connectivity index (χ4v) is 3.67. The SMILES string of the molecule is COc1cc(-c2nnc(N[C@H](C)C(=O)N3CCC4(CC3)CC4)o2)cnc1Cl. The van der Waals surface area contributed by atoms with Crippen LogP contribution in [0.25, 0.3) is 11.5 Å². The maximum absolute atomic E-state index is 12.7. The van der Waals surface area contributed by atoms with Crippen LogP contribution in [-0.4, -0.2) is 52.2 Å². The number of rotatable bonds is 5. The summed E-state index contributed by atoms with van der Waals surface area (Å²) < 4.78 is 10.8. The summed E-state index contributed by atoms with van der Waals surface area (Å²) in [6.07, 6.45) is 6.39. The van der Waals surface area contributed by atoms with Crippen LogP contribution in [0.15, 0.2) is 16.7 Å². The number of methoxy groups -OCH3 is 1. The van der Waals surface area contributed by atoms with Gasteiger partial charge in [-0.1, -0.05) is 16.7 Å². The van der Waals surface area contributed by atoms with Gasteiger partial charge in [-0.3, -0.25) is 4.79 Å². The van der Waals surface area contributed by atoms with Crippen molar-refractivity contribution in [2.24, 2.45) is 5.41 Å². The maximum Gasteiger partial charge on any atom is 0.316 e. The van der Waals surface area contributed by atoms with E-state index >= 15 is 0 Å². The number of halogens is 1. The average Bonchev–Trinajstić information content (AvgIpc) is 3.27. The number of nitrogens with one attached hydrogen (secondary N) is 1. The number of carbonyl (C=O) groups excluding carboxylic acids is 1. The Morgan fingerprint density at radius 2 is 2.07 bits per heavy atom. The molecule has 1 aliphatic carbocycles. The van der Waals surface area contributed by atoms with E-state index in [2.05, 4.69) is 20.5 Å². The van der Waals surface area contributed by atoms with E-state index in [0.29, 0.717) is 16.7 Å². The number of piperidine rings is 1. The molecular formula is C18H22ClN5O3. The summed E-state index contributed by atoms with van der Waals surface area (Å²) in [6, 6.07) is 1.42. The quantitative estimate of drug-likeness (QED) is 0.783. The summed E-state index contributed by atoms with van der Waals surface area (Å²) in [7, 11) is 1.51. The van der Waals surface area contributed by atoms with Gasteiger partial charge in [-0.15, -0.1) is 5.10 Å². The molecule has 1 saturated heterocycles. The van der Waals surface area contributed by atoms with Gasteiger partial charge in [-0.05, 0) is 44.1 Å². The fraction of sp³-hybridized carbons (Fsp3) is 0.556. The first kappa shape index (κ1) is 18.0. The molecule has 2 aliphatic rings. The minimum atomic E-state index is -0.440. The van der Waals surface area contributed by atoms with Gasteiger partial charge >= 0.3 is 6.01 Å². The molecule has 0 unspecified atom stereocenters. The molecular weight excluding hydrogens is 370 g/mol. The van der Waals surface area contributed by atoms with E-state index in [1.807, 2.05) is 4.90 Å². The van der Waals surface area contributed by atoms with E-state index in [9.17, 15) is 4.79 Å². The summed E-state index contributed by atoms with van der Waals surface area (Å²) in [5, 5.41) is 11.2. The molecule has 3 heterocycles. The minimum absolute atomic E-state index is 0.0556. The largest absolute Gasteiger partial charge is 0.493 e. The van der Waals surface area contributed by atoms with Crippen LogP contribution in [0.1, 0.15) is 32.6 Å². The monoisotopic (exact) mass is 391 g/mol. The third-order valence-electron chi connectivity index (χ3n) is 5.50. The van der Waals surface area contributed by atoms with Gasteiger partial charge in [0.25, 0.3) is 5.89 Å². The normalized spacial score (nSPS) is 19.0. The predicted molar refractivity (Wildman–Crippen MR) is 99.7 cm³/mol. The second-order valence-electron chi connectivity index (χ2n) is 7.32. The highest BCUT2D eigenvalue weighted by Gasteiger charge is 2.45. The highest BCUT2D eigenvalue weighted by Crippen LogP contribution is 2.53. The number of aromatic nitrogens is 3. The van der Waals surface area contributed by atoms with Gasteiger partial charge in [0.1, 0.15) is 6.04 Å². The molecule has 1 atom stereocenters. The fourth-order valence-electron chi connectivity index (χ4n) is 3.49. The number of anilines is 1. The topological polar surface area (TPSA) is 93.4 Å². The summed E-state index contributed by atoms with van der Waals surface area (Å²) in [4.78, 5) is 18.6. The molecule has 1 saturated carbocycles. The maximum atomic E-state index is 12.7. The van der Waals surface area contributed by atoms with Gasteiger partial charge in [0.15, 0.2) is 10.9 Å². The van der Waals surface area contributed by atoms with Crippen LogP contribution in [0.3, 0.4) is 0 Å². The van der Waals surface area contributed by atoms with Crippen LogP contribution in [0.5, 0.6) is 5.75 Å². The zero-order valence-corrected chi connectivity index (χ0v) is 16.1. The molecule has 0 radical (unpaired) electrons. The molecule has 1 N–H and O–H groups in total. The molecule has 1 aliphatic heterocycles. The van der Waals surface area contributed by atoms with Crippen molar-refractivity contribution in [2.45, 2.75) is 38.6 Å². The van der Waals surface area contributed by atoms with Gasteiger partial charge in [-0.25, -0.2) is 4.98 Å². The van der Waals surface area contributed by atoms with Crippen LogP contribution < -0.4 is 10.1 Å². The molecule has 1 spiro atoms. The first-order valence-corrected chi connectivity index (χ1v) is 9.46. The highest BCUT2D eigenvalue weighted by molar-refractivity contribution is 6.30. The standard InChI is InChI=1S/C18H22ClN5O3/c1-11(16(25)24-7-5-18(3-4-18)6-8-24)21-17-23-22-15(27-17)12-9-13(26-2)14(19)20-10-12/h9-11H,3-8H2,1-2H3,(H,21,23)/t11-/m1/s1. The van der Waals surface area contributed by atoms with Crippen molar-refractivity contribution in [3.05, 3.63) is 17.4 Å². The Hall–Kier alpha value is -2.35. The van der Waals surface area contributed by atoms with Gasteiger partial charge < -0.3 is 19.4 Å². The lowest BCUT2D eigenvalue weighted by Crippen LogP contribution is -2.45. The number of nitrogens with zero attached hydrogens (tertiary/aromatic N) is 4. The Morgan fingerprint density at radius 3 is 2.74 bits per heavy atom. The molecule has 2 aromatic rings. The van der Waals surface area contributed by atoms with Crippen LogP contribution in [0, 0.1) is 5.41 Å². The van der Waals surface area contributed by atoms with Gasteiger partial charge in [0.2, 0.25) is 5.91 Å². The Morgan fingerprint density at radius 1 is 1.33 bits per heavy atom. The summed E-state index contributed by atoms with van der Waals surface area (Å²) in [5.41, 5.74) is 1.13. The van der Waals surface area contributed by atoms with Crippen molar-refractivity contribution in [1.29, 1.82) is 0 Å². The van der Waals surface area contributed by atoms with E-state index in [-0.39, 0.29) is 23.0 Å². The van der Waals surface area contributed by atoms with Crippen molar-refractivity contribution in [2.75, 3.05) is 25.5 Å². The molecule has 4 rings (SSSR count). The number of ether oxygens (including phenoxy) is 1. The number of carbonyl (C=O) groups is 1. The predicted octanol–water partition coefficient (Wildman–Crippen LogP) is 3.00.